The molecule has 484 valence electrons. The van der Waals surface area contributed by atoms with Crippen LogP contribution in [0.1, 0.15) is 326 Å². The molecule has 0 N–H and O–H groups in total. The van der Waals surface area contributed by atoms with Crippen LogP contribution in [0.25, 0.3) is 0 Å². The number of hydrogen-bond acceptors (Lipinski definition) is 11. The third-order valence-electron chi connectivity index (χ3n) is 15.7. The average molecular weight is 1170 g/mol. The average Bonchev–Trinajstić information content (AvgIpc) is 4.06. The van der Waals surface area contributed by atoms with E-state index in [0.29, 0.717) is 64.4 Å². The summed E-state index contributed by atoms with van der Waals surface area (Å²) < 4.78 is 27.8. The zero-order chi connectivity index (χ0) is 62.0. The van der Waals surface area contributed by atoms with Crippen LogP contribution >= 0.6 is 0 Å². The predicted octanol–water partition coefficient (Wildman–Crippen LogP) is 19.2. The minimum Gasteiger partial charge on any atom is -0.490 e. The molecular weight excluding hydrogens is 1040 g/mol. The van der Waals surface area contributed by atoms with E-state index in [4.69, 9.17) is 23.7 Å². The lowest BCUT2D eigenvalue weighted by atomic mass is 9.86. The molecule has 2 fully saturated rings. The molecule has 2 rings (SSSR count). The van der Waals surface area contributed by atoms with Crippen LogP contribution in [0.15, 0.2) is 30.7 Å². The molecular formula is C71H129NO11. The largest absolute Gasteiger partial charge is 0.490 e. The molecule has 0 radical (unpaired) electrons. The van der Waals surface area contributed by atoms with Gasteiger partial charge in [0.25, 0.3) is 0 Å². The van der Waals surface area contributed by atoms with Crippen LogP contribution in [-0.2, 0) is 52.5 Å². The molecule has 0 aromatic carbocycles. The van der Waals surface area contributed by atoms with Gasteiger partial charge in [0, 0.05) is 57.4 Å². The van der Waals surface area contributed by atoms with E-state index in [9.17, 15) is 28.8 Å². The maximum absolute atomic E-state index is 12.9. The number of Topliss-reactive ketones (excluding diaryl/α,β-unsaturated/α-hetero) is 1. The van der Waals surface area contributed by atoms with E-state index in [-0.39, 0.29) is 55.3 Å². The van der Waals surface area contributed by atoms with Crippen LogP contribution < -0.4 is 0 Å². The van der Waals surface area contributed by atoms with Crippen molar-refractivity contribution in [3.63, 3.8) is 0 Å². The number of rotatable bonds is 48. The van der Waals surface area contributed by atoms with Gasteiger partial charge in [-0.2, -0.15) is 0 Å². The van der Waals surface area contributed by atoms with Gasteiger partial charge in [-0.1, -0.05) is 261 Å². The minimum absolute atomic E-state index is 0.00679. The Bertz CT molecular complexity index is 1650. The molecule has 0 spiro atoms. The molecule has 0 bridgehead atoms. The molecule has 1 aliphatic carbocycles. The Morgan fingerprint density at radius 2 is 0.880 bits per heavy atom. The quantitative estimate of drug-likeness (QED) is 0.0143. The zero-order valence-corrected chi connectivity index (χ0v) is 55.3. The summed E-state index contributed by atoms with van der Waals surface area (Å²) in [5, 5.41) is 0. The molecule has 2 unspecified atom stereocenters. The SMILES string of the molecule is C=C=C(CC(CC(=O)CC)CC(=O)OCCCCCCCC)OCCCCCCCC.C=CC(=O)N1C[C@H](OC(=O)CC(CC(=O)OCCCCCCCC)CC(=O)OCCCCCCCCC)C[C@H]1CC.CC.CCCC1CCCCC1. The molecule has 1 saturated heterocycles. The molecule has 1 aliphatic heterocycles. The molecule has 1 saturated carbocycles. The number of hydrogen-bond donors (Lipinski definition) is 0. The highest BCUT2D eigenvalue weighted by Crippen LogP contribution is 2.28. The lowest BCUT2D eigenvalue weighted by Crippen LogP contribution is -2.34. The van der Waals surface area contributed by atoms with Crippen molar-refractivity contribution in [1.82, 2.24) is 4.90 Å². The van der Waals surface area contributed by atoms with E-state index < -0.39 is 29.9 Å². The predicted molar refractivity (Wildman–Crippen MR) is 343 cm³/mol. The molecule has 12 heteroatoms. The van der Waals surface area contributed by atoms with E-state index in [2.05, 4.69) is 53.5 Å². The lowest BCUT2D eigenvalue weighted by molar-refractivity contribution is -0.153. The summed E-state index contributed by atoms with van der Waals surface area (Å²) in [6.07, 6.45) is 42.6. The number of amides is 1. The van der Waals surface area contributed by atoms with Crippen LogP contribution in [0.4, 0.5) is 0 Å². The first-order valence-corrected chi connectivity index (χ1v) is 34.5. The normalized spacial score (nSPS) is 15.3. The monoisotopic (exact) mass is 1170 g/mol. The molecule has 0 aromatic rings. The standard InChI is InChI=1S/C33H57NO7.C27H48O4.C9H18.C2H6/c1-5-9-11-13-15-17-19-21-40-32(37)23-27(22-31(36)39-20-18-16-14-12-10-6-2)24-33(38)41-29-25-28(7-3)34(26-29)30(35)8-4;1-5-9-11-13-15-17-19-30-26(8-4)22-24(21-25(28)7-3)23-27(29)31-20-18-16-14-12-10-6-2;1-2-6-9-7-4-3-5-8-9;1-2/h8,27-29H,4-7,9-26H2,1-3H3;24H,4-7,9-23H2,1-3H3;9H,2-8H2,1H3;1-2H3/t27?,28-,29-;;;/m1.../s1. The Labute approximate surface area is 510 Å². The summed E-state index contributed by atoms with van der Waals surface area (Å²) in [5.74, 6) is -0.451. The first-order chi connectivity index (χ1) is 40.3. The molecule has 0 aromatic heterocycles. The van der Waals surface area contributed by atoms with Crippen molar-refractivity contribution < 1.29 is 52.5 Å². The maximum atomic E-state index is 12.9. The highest BCUT2D eigenvalue weighted by Gasteiger charge is 2.36. The van der Waals surface area contributed by atoms with E-state index in [1.165, 1.54) is 147 Å². The van der Waals surface area contributed by atoms with Crippen LogP contribution in [0.3, 0.4) is 0 Å². The van der Waals surface area contributed by atoms with Crippen molar-refractivity contribution in [3.05, 3.63) is 30.7 Å². The summed E-state index contributed by atoms with van der Waals surface area (Å²) in [7, 11) is 0. The number of nitrogens with zero attached hydrogens (tertiary/aromatic N) is 1. The van der Waals surface area contributed by atoms with Crippen molar-refractivity contribution in [2.24, 2.45) is 17.8 Å². The Kier molecular flexibility index (Phi) is 58.5. The fourth-order valence-corrected chi connectivity index (χ4v) is 10.8. The summed E-state index contributed by atoms with van der Waals surface area (Å²) >= 11 is 0. The highest BCUT2D eigenvalue weighted by atomic mass is 16.6. The number of ether oxygens (including phenoxy) is 5. The fourth-order valence-electron chi connectivity index (χ4n) is 10.8. The van der Waals surface area contributed by atoms with E-state index in [1.807, 2.05) is 27.7 Å². The van der Waals surface area contributed by atoms with Crippen molar-refractivity contribution in [2.45, 2.75) is 338 Å². The third-order valence-corrected chi connectivity index (χ3v) is 15.7. The topological polar surface area (TPSA) is 152 Å². The summed E-state index contributed by atoms with van der Waals surface area (Å²) in [5.41, 5.74) is 2.87. The van der Waals surface area contributed by atoms with Gasteiger partial charge in [-0.25, -0.2) is 0 Å². The highest BCUT2D eigenvalue weighted by molar-refractivity contribution is 5.87. The Morgan fingerprint density at radius 3 is 1.25 bits per heavy atom. The number of allylic oxidation sites excluding steroid dienone is 1. The summed E-state index contributed by atoms with van der Waals surface area (Å²) in [6, 6.07) is -0.00679. The van der Waals surface area contributed by atoms with Gasteiger partial charge in [0.05, 0.1) is 33.0 Å². The first-order valence-electron chi connectivity index (χ1n) is 34.5. The number of esters is 4. The Balaban J connectivity index is 0. The van der Waals surface area contributed by atoms with E-state index in [0.717, 1.165) is 76.5 Å². The fraction of sp³-hybridized carbons (Fsp3) is 0.845. The van der Waals surface area contributed by atoms with Crippen LogP contribution in [0.2, 0.25) is 0 Å². The van der Waals surface area contributed by atoms with Crippen molar-refractivity contribution in [2.75, 3.05) is 33.0 Å². The number of carbonyl (C=O) groups is 6. The second kappa shape index (κ2) is 59.8. The van der Waals surface area contributed by atoms with Gasteiger partial charge in [0.2, 0.25) is 5.91 Å². The number of carbonyl (C=O) groups excluding carboxylic acids is 6. The van der Waals surface area contributed by atoms with Gasteiger partial charge in [-0.15, -0.1) is 0 Å². The second-order valence-electron chi connectivity index (χ2n) is 23.3. The second-order valence-corrected chi connectivity index (χ2v) is 23.3. The zero-order valence-electron chi connectivity index (χ0n) is 55.3. The molecule has 1 amide bonds. The smallest absolute Gasteiger partial charge is 0.306 e. The van der Waals surface area contributed by atoms with E-state index in [1.54, 1.807) is 4.90 Å². The Morgan fingerprint density at radius 1 is 0.494 bits per heavy atom. The van der Waals surface area contributed by atoms with E-state index >= 15 is 0 Å². The maximum Gasteiger partial charge on any atom is 0.306 e. The Hall–Kier alpha value is -3.92. The minimum atomic E-state index is -0.560. The number of likely N-dealkylation sites (tertiary alicyclic amines) is 1. The molecule has 4 atom stereocenters. The molecule has 12 nitrogen and oxygen atoms in total. The van der Waals surface area contributed by atoms with Crippen molar-refractivity contribution in [3.8, 4) is 0 Å². The summed E-state index contributed by atoms with van der Waals surface area (Å²) in [6.45, 7) is 28.3. The van der Waals surface area contributed by atoms with Gasteiger partial charge >= 0.3 is 23.9 Å². The lowest BCUT2D eigenvalue weighted by Gasteiger charge is -2.21. The van der Waals surface area contributed by atoms with Gasteiger partial charge in [-0.05, 0) is 55.9 Å². The van der Waals surface area contributed by atoms with Crippen LogP contribution in [0, 0.1) is 17.8 Å². The van der Waals surface area contributed by atoms with Gasteiger partial charge in [-0.3, -0.25) is 28.8 Å². The molecule has 83 heavy (non-hydrogen) atoms. The summed E-state index contributed by atoms with van der Waals surface area (Å²) in [4.78, 5) is 76.1. The first kappa shape index (κ1) is 81.1. The van der Waals surface area contributed by atoms with Gasteiger partial charge < -0.3 is 28.6 Å². The molecule has 2 aliphatic rings. The third kappa shape index (κ3) is 49.0. The molecule has 1 heterocycles. The van der Waals surface area contributed by atoms with Crippen molar-refractivity contribution in [1.29, 1.82) is 0 Å². The van der Waals surface area contributed by atoms with Gasteiger partial charge in [0.15, 0.2) is 0 Å². The number of unbranched alkanes of at least 4 members (excludes halogenated alkanes) is 21. The van der Waals surface area contributed by atoms with Crippen molar-refractivity contribution >= 4 is 35.6 Å². The number of ketones is 1. The van der Waals surface area contributed by atoms with Crippen LogP contribution in [0.5, 0.6) is 0 Å². The van der Waals surface area contributed by atoms with Crippen LogP contribution in [-0.4, -0.2) is 85.6 Å². The van der Waals surface area contributed by atoms with Gasteiger partial charge in [0.1, 0.15) is 17.6 Å².